The van der Waals surface area contributed by atoms with Gasteiger partial charge in [-0.25, -0.2) is 8.78 Å². The minimum Gasteiger partial charge on any atom is -0.371 e. The maximum atomic E-state index is 13.5. The second kappa shape index (κ2) is 7.72. The number of nitrogens with one attached hydrogen (secondary N) is 2. The molecule has 0 aliphatic heterocycles. The highest BCUT2D eigenvalue weighted by Gasteiger charge is 2.12. The maximum absolute atomic E-state index is 13.5. The Hall–Kier alpha value is -2.43. The Bertz CT molecular complexity index is 659. The van der Waals surface area contributed by atoms with E-state index in [0.717, 1.165) is 41.8 Å². The molecule has 0 fully saturated rings. The third-order valence-electron chi connectivity index (χ3n) is 3.65. The molecule has 2 aromatic rings. The molecule has 2 aromatic carbocycles. The van der Waals surface area contributed by atoms with E-state index < -0.39 is 11.6 Å². The molecule has 0 aromatic heterocycles. The van der Waals surface area contributed by atoms with E-state index in [1.165, 1.54) is 6.07 Å². The predicted octanol–water partition coefficient (Wildman–Crippen LogP) is 4.14. The fraction of sp³-hybridized carbons (Fsp3) is 0.278. The molecule has 0 aliphatic carbocycles. The highest BCUT2D eigenvalue weighted by Crippen LogP contribution is 2.23. The summed E-state index contributed by atoms with van der Waals surface area (Å²) in [5.41, 5.74) is 2.57. The molecule has 1 amide bonds. The van der Waals surface area contributed by atoms with Gasteiger partial charge in [-0.1, -0.05) is 38.1 Å². The largest absolute Gasteiger partial charge is 0.371 e. The van der Waals surface area contributed by atoms with Crippen LogP contribution in [0.25, 0.3) is 0 Å². The van der Waals surface area contributed by atoms with Crippen molar-refractivity contribution in [2.75, 3.05) is 17.2 Å². The molecule has 3 nitrogen and oxygen atoms in total. The van der Waals surface area contributed by atoms with E-state index in [1.54, 1.807) is 0 Å². The minimum absolute atomic E-state index is 0.209. The van der Waals surface area contributed by atoms with E-state index in [0.29, 0.717) is 0 Å². The zero-order chi connectivity index (χ0) is 16.8. The summed E-state index contributed by atoms with van der Waals surface area (Å²) >= 11 is 0. The van der Waals surface area contributed by atoms with Crippen LogP contribution in [-0.4, -0.2) is 12.5 Å². The average molecular weight is 318 g/mol. The van der Waals surface area contributed by atoms with E-state index in [1.807, 2.05) is 32.0 Å². The van der Waals surface area contributed by atoms with E-state index in [-0.39, 0.29) is 18.1 Å². The summed E-state index contributed by atoms with van der Waals surface area (Å²) in [6.45, 7) is 3.81. The molecular weight excluding hydrogens is 298 g/mol. The number of anilines is 2. The summed E-state index contributed by atoms with van der Waals surface area (Å²) in [5.74, 6) is -1.79. The Kier molecular flexibility index (Phi) is 5.68. The standard InChI is InChI=1S/C18H20F2N2O/c1-3-12-7-5-8-13(4-2)17(12)22-16(23)11-21-18-14(19)9-6-10-15(18)20/h5-10,21H,3-4,11H2,1-2H3,(H,22,23). The average Bonchev–Trinajstić information content (AvgIpc) is 2.54. The van der Waals surface area contributed by atoms with Crippen LogP contribution < -0.4 is 10.6 Å². The van der Waals surface area contributed by atoms with Gasteiger partial charge < -0.3 is 10.6 Å². The van der Waals surface area contributed by atoms with E-state index in [2.05, 4.69) is 10.6 Å². The Morgan fingerprint density at radius 3 is 1.96 bits per heavy atom. The van der Waals surface area contributed by atoms with E-state index in [4.69, 9.17) is 0 Å². The summed E-state index contributed by atoms with van der Waals surface area (Å²) < 4.78 is 27.1. The number of amides is 1. The molecule has 122 valence electrons. The maximum Gasteiger partial charge on any atom is 0.243 e. The topological polar surface area (TPSA) is 41.1 Å². The lowest BCUT2D eigenvalue weighted by Crippen LogP contribution is -2.24. The fourth-order valence-electron chi connectivity index (χ4n) is 2.42. The van der Waals surface area contributed by atoms with Gasteiger partial charge in [0.15, 0.2) is 0 Å². The molecule has 0 unspecified atom stereocenters. The first-order chi connectivity index (χ1) is 11.1. The third-order valence-corrected chi connectivity index (χ3v) is 3.65. The first-order valence-electron chi connectivity index (χ1n) is 7.65. The van der Waals surface area contributed by atoms with Gasteiger partial charge in [0.2, 0.25) is 5.91 Å². The van der Waals surface area contributed by atoms with Crippen molar-refractivity contribution in [3.8, 4) is 0 Å². The molecule has 2 N–H and O–H groups in total. The second-order valence-electron chi connectivity index (χ2n) is 5.16. The van der Waals surface area contributed by atoms with Crippen LogP contribution in [0.5, 0.6) is 0 Å². The first kappa shape index (κ1) is 16.9. The van der Waals surface area contributed by atoms with Crippen molar-refractivity contribution in [2.24, 2.45) is 0 Å². The Balaban J connectivity index is 2.09. The minimum atomic E-state index is -0.721. The number of halogens is 2. The van der Waals surface area contributed by atoms with Crippen molar-refractivity contribution in [2.45, 2.75) is 26.7 Å². The van der Waals surface area contributed by atoms with Gasteiger partial charge in [-0.2, -0.15) is 0 Å². The zero-order valence-corrected chi connectivity index (χ0v) is 13.2. The van der Waals surface area contributed by atoms with Gasteiger partial charge in [0.1, 0.15) is 17.3 Å². The van der Waals surface area contributed by atoms with Crippen LogP contribution in [0.4, 0.5) is 20.2 Å². The van der Waals surface area contributed by atoms with Crippen LogP contribution in [0.2, 0.25) is 0 Å². The van der Waals surface area contributed by atoms with Crippen LogP contribution in [-0.2, 0) is 17.6 Å². The molecule has 0 heterocycles. The Morgan fingerprint density at radius 2 is 1.43 bits per heavy atom. The summed E-state index contributed by atoms with van der Waals surface area (Å²) in [5, 5.41) is 5.36. The molecule has 5 heteroatoms. The first-order valence-corrected chi connectivity index (χ1v) is 7.65. The van der Waals surface area contributed by atoms with Gasteiger partial charge in [0.25, 0.3) is 0 Å². The Morgan fingerprint density at radius 1 is 0.913 bits per heavy atom. The number of aryl methyl sites for hydroxylation is 2. The molecule has 0 radical (unpaired) electrons. The smallest absolute Gasteiger partial charge is 0.243 e. The third kappa shape index (κ3) is 4.06. The molecule has 2 rings (SSSR count). The lowest BCUT2D eigenvalue weighted by Gasteiger charge is -2.15. The monoisotopic (exact) mass is 318 g/mol. The van der Waals surface area contributed by atoms with Crippen molar-refractivity contribution in [3.05, 3.63) is 59.2 Å². The van der Waals surface area contributed by atoms with Crippen molar-refractivity contribution in [3.63, 3.8) is 0 Å². The SMILES string of the molecule is CCc1cccc(CC)c1NC(=O)CNc1c(F)cccc1F. The van der Waals surface area contributed by atoms with Gasteiger partial charge >= 0.3 is 0 Å². The summed E-state index contributed by atoms with van der Waals surface area (Å²) in [6, 6.07) is 9.44. The van der Waals surface area contributed by atoms with Crippen LogP contribution in [0.1, 0.15) is 25.0 Å². The van der Waals surface area contributed by atoms with E-state index in [9.17, 15) is 13.6 Å². The van der Waals surface area contributed by atoms with Crippen molar-refractivity contribution >= 4 is 17.3 Å². The quantitative estimate of drug-likeness (QED) is 0.840. The van der Waals surface area contributed by atoms with Gasteiger partial charge in [0, 0.05) is 5.69 Å². The number of rotatable bonds is 6. The summed E-state index contributed by atoms with van der Waals surface area (Å²) in [6.07, 6.45) is 1.58. The highest BCUT2D eigenvalue weighted by molar-refractivity contribution is 5.95. The van der Waals surface area contributed by atoms with E-state index >= 15 is 0 Å². The molecule has 0 spiro atoms. The second-order valence-corrected chi connectivity index (χ2v) is 5.16. The van der Waals surface area contributed by atoms with Gasteiger partial charge in [-0.15, -0.1) is 0 Å². The van der Waals surface area contributed by atoms with Crippen LogP contribution >= 0.6 is 0 Å². The molecule has 0 saturated heterocycles. The summed E-state index contributed by atoms with van der Waals surface area (Å²) in [4.78, 5) is 12.1. The molecule has 0 aliphatic rings. The van der Waals surface area contributed by atoms with Gasteiger partial charge in [-0.05, 0) is 36.1 Å². The molecule has 23 heavy (non-hydrogen) atoms. The zero-order valence-electron chi connectivity index (χ0n) is 13.2. The number of para-hydroxylation sites is 2. The van der Waals surface area contributed by atoms with Gasteiger partial charge in [0.05, 0.1) is 6.54 Å². The van der Waals surface area contributed by atoms with Crippen molar-refractivity contribution in [1.82, 2.24) is 0 Å². The number of carbonyl (C=O) groups excluding carboxylic acids is 1. The number of benzene rings is 2. The van der Waals surface area contributed by atoms with Gasteiger partial charge in [-0.3, -0.25) is 4.79 Å². The highest BCUT2D eigenvalue weighted by atomic mass is 19.1. The fourth-order valence-corrected chi connectivity index (χ4v) is 2.42. The van der Waals surface area contributed by atoms with Crippen molar-refractivity contribution in [1.29, 1.82) is 0 Å². The van der Waals surface area contributed by atoms with Crippen molar-refractivity contribution < 1.29 is 13.6 Å². The molecule has 0 bridgehead atoms. The Labute approximate surface area is 134 Å². The van der Waals surface area contributed by atoms with Crippen LogP contribution in [0.15, 0.2) is 36.4 Å². The normalized spacial score (nSPS) is 10.4. The van der Waals surface area contributed by atoms with Crippen LogP contribution in [0.3, 0.4) is 0 Å². The summed E-state index contributed by atoms with van der Waals surface area (Å²) in [7, 11) is 0. The predicted molar refractivity (Wildman–Crippen MR) is 88.7 cm³/mol. The lowest BCUT2D eigenvalue weighted by atomic mass is 10.0. The van der Waals surface area contributed by atoms with Crippen LogP contribution in [0, 0.1) is 11.6 Å². The molecule has 0 saturated carbocycles. The number of hydrogen-bond acceptors (Lipinski definition) is 2. The lowest BCUT2D eigenvalue weighted by molar-refractivity contribution is -0.114. The molecular formula is C18H20F2N2O. The molecule has 0 atom stereocenters. The number of hydrogen-bond donors (Lipinski definition) is 2. The number of carbonyl (C=O) groups is 1.